The third-order valence-corrected chi connectivity index (χ3v) is 6.55. The van der Waals surface area contributed by atoms with Crippen LogP contribution < -0.4 is 15.0 Å². The van der Waals surface area contributed by atoms with Gasteiger partial charge in [0.1, 0.15) is 11.9 Å². The summed E-state index contributed by atoms with van der Waals surface area (Å²) >= 11 is 0. The molecule has 224 valence electrons. The molecule has 1 aromatic carbocycles. The van der Waals surface area contributed by atoms with Gasteiger partial charge in [0.25, 0.3) is 0 Å². The van der Waals surface area contributed by atoms with E-state index in [4.69, 9.17) is 9.47 Å². The molecule has 0 aliphatic heterocycles. The molecule has 1 unspecified atom stereocenters. The lowest BCUT2D eigenvalue weighted by molar-refractivity contribution is -0.429. The van der Waals surface area contributed by atoms with Gasteiger partial charge in [0, 0.05) is 38.1 Å². The number of benzene rings is 1. The number of nitro groups is 1. The Morgan fingerprint density at radius 1 is 1.21 bits per heavy atom. The molecule has 0 bridgehead atoms. The number of rotatable bonds is 11. The molecule has 0 spiro atoms. The summed E-state index contributed by atoms with van der Waals surface area (Å²) in [7, 11) is 5.74. The summed E-state index contributed by atoms with van der Waals surface area (Å²) in [4.78, 5) is 36.2. The number of ether oxygens (including phenoxy) is 2. The molecule has 1 aliphatic rings. The van der Waals surface area contributed by atoms with Gasteiger partial charge in [-0.2, -0.15) is 9.97 Å². The predicted octanol–water partition coefficient (Wildman–Crippen LogP) is 4.73. The summed E-state index contributed by atoms with van der Waals surface area (Å²) < 4.78 is 28.3. The number of nitrogens with zero attached hydrogens (tertiary/aromatic N) is 6. The zero-order chi connectivity index (χ0) is 30.6. The van der Waals surface area contributed by atoms with Crippen LogP contribution in [-0.2, 0) is 16.3 Å². The second kappa shape index (κ2) is 12.6. The Morgan fingerprint density at radius 3 is 2.64 bits per heavy atom. The first-order valence-corrected chi connectivity index (χ1v) is 13.5. The molecular weight excluding hydrogens is 545 g/mol. The quantitative estimate of drug-likeness (QED) is 0.193. The van der Waals surface area contributed by atoms with Gasteiger partial charge in [0.2, 0.25) is 17.5 Å². The van der Waals surface area contributed by atoms with Crippen LogP contribution in [0.2, 0.25) is 0 Å². The zero-order valence-corrected chi connectivity index (χ0v) is 24.6. The maximum absolute atomic E-state index is 15.1. The van der Waals surface area contributed by atoms with Crippen molar-refractivity contribution in [1.29, 1.82) is 0 Å². The minimum atomic E-state index is -0.689. The standard InChI is InChI=1S/C29H36FN7O5/c1-29(2,3)27(38)41-18-36-13-12-22-25(36)32-28(33-26(22)42-21-9-7-8-20(17-21)37(39)40)31-19-10-11-24(23(30)16-19)35(6)15-14-34(4)5/h7-13,16,21H,14-15,17-18H2,1-6H3,(H,31,32,33). The number of aromatic nitrogens is 3. The van der Waals surface area contributed by atoms with Crippen molar-refractivity contribution in [2.75, 3.05) is 44.4 Å². The first kappa shape index (κ1) is 30.4. The highest BCUT2D eigenvalue weighted by Crippen LogP contribution is 2.30. The van der Waals surface area contributed by atoms with E-state index in [1.807, 2.05) is 30.9 Å². The molecule has 3 aromatic rings. The van der Waals surface area contributed by atoms with Gasteiger partial charge in [-0.3, -0.25) is 19.5 Å². The van der Waals surface area contributed by atoms with E-state index in [-0.39, 0.29) is 36.6 Å². The summed E-state index contributed by atoms with van der Waals surface area (Å²) in [6, 6.07) is 6.48. The molecule has 0 saturated heterocycles. The van der Waals surface area contributed by atoms with Gasteiger partial charge < -0.3 is 24.6 Å². The van der Waals surface area contributed by atoms with Crippen molar-refractivity contribution in [3.8, 4) is 5.88 Å². The van der Waals surface area contributed by atoms with E-state index < -0.39 is 22.3 Å². The summed E-state index contributed by atoms with van der Waals surface area (Å²) in [5, 5.41) is 14.9. The second-order valence-corrected chi connectivity index (χ2v) is 11.4. The third kappa shape index (κ3) is 7.40. The highest BCUT2D eigenvalue weighted by Gasteiger charge is 2.25. The maximum atomic E-state index is 15.1. The number of carbonyl (C=O) groups excluding carboxylic acids is 1. The van der Waals surface area contributed by atoms with Crippen molar-refractivity contribution in [1.82, 2.24) is 19.4 Å². The van der Waals surface area contributed by atoms with E-state index in [1.54, 1.807) is 61.9 Å². The number of hydrogen-bond donors (Lipinski definition) is 1. The number of hydrogen-bond acceptors (Lipinski definition) is 10. The van der Waals surface area contributed by atoms with Crippen molar-refractivity contribution in [3.05, 3.63) is 70.3 Å². The van der Waals surface area contributed by atoms with Crippen LogP contribution in [0.3, 0.4) is 0 Å². The molecule has 1 atom stereocenters. The fourth-order valence-corrected chi connectivity index (χ4v) is 4.12. The number of nitrogens with one attached hydrogen (secondary N) is 1. The molecule has 4 rings (SSSR count). The highest BCUT2D eigenvalue weighted by molar-refractivity contribution is 5.83. The van der Waals surface area contributed by atoms with Gasteiger partial charge in [-0.15, -0.1) is 0 Å². The summed E-state index contributed by atoms with van der Waals surface area (Å²) in [6.45, 7) is 6.60. The molecule has 42 heavy (non-hydrogen) atoms. The predicted molar refractivity (Wildman–Crippen MR) is 158 cm³/mol. The lowest BCUT2D eigenvalue weighted by Crippen LogP contribution is -2.29. The number of fused-ring (bicyclic) bond motifs is 1. The molecule has 0 amide bonds. The number of allylic oxidation sites excluding steroid dienone is 2. The number of halogens is 1. The molecule has 1 N–H and O–H groups in total. The molecule has 0 saturated carbocycles. The minimum absolute atomic E-state index is 0.0175. The molecule has 2 aromatic heterocycles. The monoisotopic (exact) mass is 581 g/mol. The lowest BCUT2D eigenvalue weighted by atomic mass is 9.98. The zero-order valence-electron chi connectivity index (χ0n) is 24.6. The first-order chi connectivity index (χ1) is 19.8. The van der Waals surface area contributed by atoms with E-state index in [0.717, 1.165) is 6.54 Å². The summed E-state index contributed by atoms with van der Waals surface area (Å²) in [5.41, 5.74) is 0.594. The molecule has 0 fully saturated rings. The van der Waals surface area contributed by atoms with E-state index in [0.29, 0.717) is 29.0 Å². The van der Waals surface area contributed by atoms with E-state index in [1.165, 1.54) is 12.1 Å². The normalized spacial score (nSPS) is 15.0. The number of carbonyl (C=O) groups is 1. The van der Waals surface area contributed by atoms with Crippen molar-refractivity contribution in [2.45, 2.75) is 40.0 Å². The van der Waals surface area contributed by atoms with Gasteiger partial charge in [-0.05, 0) is 65.2 Å². The fraction of sp³-hybridized carbons (Fsp3) is 0.414. The van der Waals surface area contributed by atoms with Crippen molar-refractivity contribution >= 4 is 34.3 Å². The Labute approximate surface area is 243 Å². The van der Waals surface area contributed by atoms with Crippen molar-refractivity contribution < 1.29 is 23.6 Å². The van der Waals surface area contributed by atoms with Crippen LogP contribution in [-0.4, -0.2) is 70.7 Å². The number of anilines is 3. The van der Waals surface area contributed by atoms with E-state index in [9.17, 15) is 14.9 Å². The van der Waals surface area contributed by atoms with Gasteiger partial charge in [-0.1, -0.05) is 6.08 Å². The SMILES string of the molecule is CN(C)CCN(C)c1ccc(Nc2nc(OC3C=CC=C([N+](=O)[O-])C3)c3ccn(COC(=O)C(C)(C)C)c3n2)cc1F. The topological polar surface area (TPSA) is 128 Å². The van der Waals surface area contributed by atoms with Crippen LogP contribution >= 0.6 is 0 Å². The van der Waals surface area contributed by atoms with Crippen molar-refractivity contribution in [2.24, 2.45) is 5.41 Å². The second-order valence-electron chi connectivity index (χ2n) is 11.4. The Kier molecular flexibility index (Phi) is 9.10. The van der Waals surface area contributed by atoms with Crippen molar-refractivity contribution in [3.63, 3.8) is 0 Å². The van der Waals surface area contributed by atoms with Crippen LogP contribution in [0, 0.1) is 21.3 Å². The average molecular weight is 582 g/mol. The van der Waals surface area contributed by atoms with Crippen LogP contribution in [0.4, 0.5) is 21.7 Å². The van der Waals surface area contributed by atoms with Gasteiger partial charge in [-0.25, -0.2) is 4.39 Å². The van der Waals surface area contributed by atoms with E-state index in [2.05, 4.69) is 15.3 Å². The lowest BCUT2D eigenvalue weighted by Gasteiger charge is -2.22. The first-order valence-electron chi connectivity index (χ1n) is 13.5. The Bertz CT molecular complexity index is 1530. The van der Waals surface area contributed by atoms with Crippen LogP contribution in [0.25, 0.3) is 11.0 Å². The molecule has 1 aliphatic carbocycles. The number of esters is 1. The molecule has 12 nitrogen and oxygen atoms in total. The Morgan fingerprint density at radius 2 is 1.98 bits per heavy atom. The van der Waals surface area contributed by atoms with Gasteiger partial charge in [0.15, 0.2) is 12.4 Å². The van der Waals surface area contributed by atoms with Gasteiger partial charge in [0.05, 0.1) is 27.8 Å². The Hall–Kier alpha value is -4.52. The molecule has 0 radical (unpaired) electrons. The molecule has 13 heteroatoms. The number of likely N-dealkylation sites (N-methyl/N-ethyl adjacent to an activating group) is 2. The van der Waals surface area contributed by atoms with Crippen LogP contribution in [0.1, 0.15) is 27.2 Å². The fourth-order valence-electron chi connectivity index (χ4n) is 4.12. The average Bonchev–Trinajstić information content (AvgIpc) is 3.33. The minimum Gasteiger partial charge on any atom is -0.469 e. The largest absolute Gasteiger partial charge is 0.469 e. The smallest absolute Gasteiger partial charge is 0.312 e. The summed E-state index contributed by atoms with van der Waals surface area (Å²) in [5.74, 6) is -0.519. The highest BCUT2D eigenvalue weighted by atomic mass is 19.1. The maximum Gasteiger partial charge on any atom is 0.312 e. The third-order valence-electron chi connectivity index (χ3n) is 6.55. The molecule has 2 heterocycles. The van der Waals surface area contributed by atoms with Crippen LogP contribution in [0.5, 0.6) is 5.88 Å². The van der Waals surface area contributed by atoms with Gasteiger partial charge >= 0.3 is 5.97 Å². The summed E-state index contributed by atoms with van der Waals surface area (Å²) in [6.07, 6.45) is 5.80. The van der Waals surface area contributed by atoms with Crippen LogP contribution in [0.15, 0.2) is 54.4 Å². The molecular formula is C29H36FN7O5. The Balaban J connectivity index is 1.64. The van der Waals surface area contributed by atoms with E-state index >= 15 is 4.39 Å².